The second-order valence-corrected chi connectivity index (χ2v) is 24.0. The fourth-order valence-electron chi connectivity index (χ4n) is 14.1. The Morgan fingerprint density at radius 1 is 0.318 bits per heavy atom. The van der Waals surface area contributed by atoms with Crippen LogP contribution in [0.3, 0.4) is 0 Å². The highest BCUT2D eigenvalue weighted by Crippen LogP contribution is 2.37. The third kappa shape index (κ3) is 8.29. The average molecular weight is 1150 g/mol. The fraction of sp³-hybridized carbons (Fsp3) is 0.184. The SMILES string of the molecule is Cc1c(C)c(C)c2c(c1C)C[n+]1cc3c(C#N)cccc3n1-2.Cc1cc(C)c2c(c1C)-n1c3cccc(C#N)c3c[n+]1C2.Cc1cc2c(c(C)c1C)-n1c3cccc(C#N)c3c[n+]1C2.N#Cc1cccc2c1c[n+]1n2-c2cc(-c3ccccc3)ccc2C1. The minimum Gasteiger partial charge on any atom is -0.192 e. The molecule has 0 fully saturated rings. The molecule has 0 radical (unpaired) electrons. The van der Waals surface area contributed by atoms with Gasteiger partial charge in [-0.3, -0.25) is 0 Å². The maximum atomic E-state index is 9.35. The lowest BCUT2D eigenvalue weighted by atomic mass is 9.92. The number of hydrogen-bond donors (Lipinski definition) is 0. The van der Waals surface area contributed by atoms with Crippen molar-refractivity contribution in [2.45, 2.75) is 95.4 Å². The summed E-state index contributed by atoms with van der Waals surface area (Å²) >= 11 is 0. The van der Waals surface area contributed by atoms with E-state index in [-0.39, 0.29) is 0 Å². The molecule has 0 aliphatic carbocycles. The molecule has 17 rings (SSSR count). The molecule has 424 valence electrons. The number of nitriles is 4. The van der Waals surface area contributed by atoms with Gasteiger partial charge in [0.25, 0.3) is 0 Å². The van der Waals surface area contributed by atoms with Gasteiger partial charge in [0, 0.05) is 11.1 Å². The largest absolute Gasteiger partial charge is 0.205 e. The van der Waals surface area contributed by atoms with Crippen LogP contribution in [0.15, 0.2) is 158 Å². The lowest BCUT2D eigenvalue weighted by Gasteiger charge is -2.13. The summed E-state index contributed by atoms with van der Waals surface area (Å²) in [7, 11) is 0. The number of benzene rings is 9. The molecule has 9 aromatic carbocycles. The summed E-state index contributed by atoms with van der Waals surface area (Å²) in [6.45, 7) is 25.4. The summed E-state index contributed by atoms with van der Waals surface area (Å²) in [4.78, 5) is 0. The lowest BCUT2D eigenvalue weighted by Crippen LogP contribution is -2.36. The fourth-order valence-corrected chi connectivity index (χ4v) is 14.1. The van der Waals surface area contributed by atoms with Crippen LogP contribution in [-0.4, -0.2) is 18.7 Å². The summed E-state index contributed by atoms with van der Waals surface area (Å²) in [5.41, 5.74) is 33.8. The molecule has 4 aliphatic rings. The number of hydrogen-bond acceptors (Lipinski definition) is 4. The van der Waals surface area contributed by atoms with Crippen molar-refractivity contribution in [1.29, 1.82) is 21.0 Å². The van der Waals surface area contributed by atoms with Gasteiger partial charge in [-0.2, -0.15) is 21.0 Å². The van der Waals surface area contributed by atoms with E-state index in [1.807, 2.05) is 54.6 Å². The van der Waals surface area contributed by atoms with Gasteiger partial charge in [-0.1, -0.05) is 66.7 Å². The van der Waals surface area contributed by atoms with E-state index >= 15 is 0 Å². The Morgan fingerprint density at radius 3 is 1.26 bits per heavy atom. The van der Waals surface area contributed by atoms with E-state index in [1.54, 1.807) is 0 Å². The van der Waals surface area contributed by atoms with Crippen LogP contribution in [0.25, 0.3) is 77.5 Å². The quantitative estimate of drug-likeness (QED) is 0.152. The van der Waals surface area contributed by atoms with Crippen LogP contribution in [0.2, 0.25) is 0 Å². The van der Waals surface area contributed by atoms with Crippen LogP contribution < -0.4 is 18.7 Å². The van der Waals surface area contributed by atoms with Crippen LogP contribution in [0.1, 0.15) is 100 Å². The molecule has 0 N–H and O–H groups in total. The second-order valence-electron chi connectivity index (χ2n) is 24.0. The highest BCUT2D eigenvalue weighted by Gasteiger charge is 2.36. The van der Waals surface area contributed by atoms with Gasteiger partial charge in [0.1, 0.15) is 69.1 Å². The zero-order valence-electron chi connectivity index (χ0n) is 51.2. The Kier molecular flexibility index (Phi) is 12.9. The zero-order valence-corrected chi connectivity index (χ0v) is 51.2. The van der Waals surface area contributed by atoms with Gasteiger partial charge in [-0.05, 0) is 203 Å². The number of aryl methyl sites for hydroxylation is 3. The van der Waals surface area contributed by atoms with Crippen molar-refractivity contribution < 1.29 is 18.7 Å². The van der Waals surface area contributed by atoms with Crippen LogP contribution in [0.5, 0.6) is 0 Å². The van der Waals surface area contributed by atoms with Gasteiger partial charge in [0.15, 0.2) is 26.2 Å². The van der Waals surface area contributed by atoms with E-state index in [1.165, 1.54) is 112 Å². The van der Waals surface area contributed by atoms with E-state index < -0.39 is 0 Å². The molecule has 8 heterocycles. The van der Waals surface area contributed by atoms with Gasteiger partial charge in [0.05, 0.1) is 54.9 Å². The first-order valence-electron chi connectivity index (χ1n) is 29.9. The monoisotopic (exact) mass is 1140 g/mol. The molecule has 0 unspecified atom stereocenters. The molecular formula is C76H64N12+4. The summed E-state index contributed by atoms with van der Waals surface area (Å²) in [5.74, 6) is 0. The molecule has 88 heavy (non-hydrogen) atoms. The molecule has 0 atom stereocenters. The lowest BCUT2D eigenvalue weighted by molar-refractivity contribution is -0.749. The molecule has 0 saturated carbocycles. The third-order valence-electron chi connectivity index (χ3n) is 19.4. The van der Waals surface area contributed by atoms with Crippen molar-refractivity contribution in [3.8, 4) is 58.2 Å². The van der Waals surface area contributed by atoms with Crippen molar-refractivity contribution in [3.63, 3.8) is 0 Å². The maximum absolute atomic E-state index is 9.35. The summed E-state index contributed by atoms with van der Waals surface area (Å²) in [6, 6.07) is 54.5. The molecule has 4 aliphatic heterocycles. The van der Waals surface area contributed by atoms with Gasteiger partial charge >= 0.3 is 0 Å². The zero-order chi connectivity index (χ0) is 61.1. The van der Waals surface area contributed by atoms with Crippen molar-refractivity contribution in [3.05, 3.63) is 258 Å². The molecule has 0 saturated heterocycles. The number of rotatable bonds is 1. The minimum atomic E-state index is 0.725. The first-order chi connectivity index (χ1) is 42.6. The predicted molar refractivity (Wildman–Crippen MR) is 342 cm³/mol. The van der Waals surface area contributed by atoms with E-state index in [2.05, 4.69) is 235 Å². The third-order valence-corrected chi connectivity index (χ3v) is 19.4. The summed E-state index contributed by atoms with van der Waals surface area (Å²) < 4.78 is 17.9. The van der Waals surface area contributed by atoms with E-state index in [0.717, 1.165) is 92.0 Å². The van der Waals surface area contributed by atoms with Crippen molar-refractivity contribution in [1.82, 2.24) is 18.7 Å². The predicted octanol–water partition coefficient (Wildman–Crippen LogP) is 13.4. The molecule has 12 nitrogen and oxygen atoms in total. The Labute approximate surface area is 511 Å². The Bertz CT molecular complexity index is 5380. The first kappa shape index (κ1) is 54.7. The van der Waals surface area contributed by atoms with Gasteiger partial charge in [0.2, 0.25) is 24.8 Å². The smallest absolute Gasteiger partial charge is 0.192 e. The molecule has 0 spiro atoms. The van der Waals surface area contributed by atoms with Crippen molar-refractivity contribution in [2.75, 3.05) is 0 Å². The normalized spacial score (nSPS) is 12.2. The molecular weight excluding hydrogens is 1080 g/mol. The van der Waals surface area contributed by atoms with Gasteiger partial charge in [-0.25, -0.2) is 0 Å². The van der Waals surface area contributed by atoms with Crippen molar-refractivity contribution in [2.24, 2.45) is 0 Å². The van der Waals surface area contributed by atoms with E-state index in [9.17, 15) is 21.0 Å². The minimum absolute atomic E-state index is 0.725. The van der Waals surface area contributed by atoms with Gasteiger partial charge < -0.3 is 0 Å². The van der Waals surface area contributed by atoms with E-state index in [0.29, 0.717) is 0 Å². The molecule has 12 heteroatoms. The van der Waals surface area contributed by atoms with Crippen LogP contribution in [-0.2, 0) is 26.2 Å². The van der Waals surface area contributed by atoms with E-state index in [4.69, 9.17) is 0 Å². The maximum Gasteiger partial charge on any atom is 0.205 e. The van der Waals surface area contributed by atoms with Crippen molar-refractivity contribution >= 4 is 43.6 Å². The first-order valence-corrected chi connectivity index (χ1v) is 29.9. The number of aromatic nitrogens is 8. The molecule has 0 bridgehead atoms. The Balaban J connectivity index is 0.000000103. The number of nitrogens with zero attached hydrogens (tertiary/aromatic N) is 12. The molecule has 0 amide bonds. The summed E-state index contributed by atoms with van der Waals surface area (Å²) in [5, 5.41) is 41.4. The highest BCUT2D eigenvalue weighted by atomic mass is 15.4. The van der Waals surface area contributed by atoms with Gasteiger partial charge in [-0.15, -0.1) is 37.5 Å². The second kappa shape index (κ2) is 20.8. The highest BCUT2D eigenvalue weighted by molar-refractivity contribution is 5.89. The van der Waals surface area contributed by atoms with Crippen LogP contribution in [0, 0.1) is 115 Å². The topological polar surface area (TPSA) is 130 Å². The number of fused-ring (bicyclic) bond motifs is 20. The molecule has 4 aromatic heterocycles. The van der Waals surface area contributed by atoms with Crippen LogP contribution in [0.4, 0.5) is 0 Å². The Hall–Kier alpha value is -11.2. The van der Waals surface area contributed by atoms with Crippen LogP contribution >= 0.6 is 0 Å². The average Bonchev–Trinajstić information content (AvgIpc) is 2.27. The molecule has 13 aromatic rings. The Morgan fingerprint density at radius 2 is 0.739 bits per heavy atom. The standard InChI is InChI=1S/C21H14N3.C19H18N3.2C18H16N3/c22-12-17-7-4-8-20-19(17)14-23-13-18-10-9-16(11-21(18)24(20)23)15-5-2-1-3-6-15;1-11-12(2)14(4)19-16(13(11)3)9-21-10-17-15(8-20)6-5-7-18(17)22(19)21;1-11-7-15-9-20-10-16-14(8-19)5-4-6-17(16)21(20)18(15)13(3)12(11)2;1-11-7-12(2)15-9-20-10-16-14(8-19)5-4-6-17(16)21(20)18(15)13(11)3/h1-11,14H,13H2;5-7,10H,9H2,1-4H3;2*4-7,10H,9H2,1-3H3/q4*+1. The summed E-state index contributed by atoms with van der Waals surface area (Å²) in [6.07, 6.45) is 8.38.